The van der Waals surface area contributed by atoms with E-state index in [0.717, 1.165) is 44.9 Å². The number of nitrogens with one attached hydrogen (secondary N) is 1. The first-order valence-electron chi connectivity index (χ1n) is 31.3. The van der Waals surface area contributed by atoms with Crippen molar-refractivity contribution < 1.29 is 24.5 Å². The van der Waals surface area contributed by atoms with Crippen molar-refractivity contribution in [3.8, 4) is 0 Å². The van der Waals surface area contributed by atoms with Crippen LogP contribution in [0.25, 0.3) is 0 Å². The lowest BCUT2D eigenvalue weighted by Crippen LogP contribution is -2.45. The summed E-state index contributed by atoms with van der Waals surface area (Å²) in [5, 5.41) is 23.1. The summed E-state index contributed by atoms with van der Waals surface area (Å²) < 4.78 is 5.47. The highest BCUT2D eigenvalue weighted by molar-refractivity contribution is 5.76. The van der Waals surface area contributed by atoms with Crippen LogP contribution >= 0.6 is 0 Å². The lowest BCUT2D eigenvalue weighted by molar-refractivity contribution is -0.143. The first-order valence-corrected chi connectivity index (χ1v) is 31.3. The molecule has 6 nitrogen and oxygen atoms in total. The van der Waals surface area contributed by atoms with Crippen LogP contribution in [0.4, 0.5) is 0 Å². The Labute approximate surface area is 436 Å². The molecule has 0 aromatic rings. The summed E-state index contributed by atoms with van der Waals surface area (Å²) in [5.41, 5.74) is 0. The minimum atomic E-state index is -0.848. The highest BCUT2D eigenvalue weighted by Gasteiger charge is 2.18. The number of carbonyl (C=O) groups is 2. The topological polar surface area (TPSA) is 95.9 Å². The van der Waals surface area contributed by atoms with E-state index in [0.29, 0.717) is 19.4 Å². The van der Waals surface area contributed by atoms with Crippen LogP contribution in [0.15, 0.2) is 36.5 Å². The van der Waals surface area contributed by atoms with Crippen LogP contribution in [0.5, 0.6) is 0 Å². The highest BCUT2D eigenvalue weighted by Crippen LogP contribution is 2.17. The van der Waals surface area contributed by atoms with Crippen LogP contribution in [0, 0.1) is 0 Å². The summed E-state index contributed by atoms with van der Waals surface area (Å²) in [6.07, 6.45) is 74.7. The second-order valence-corrected chi connectivity index (χ2v) is 21.4. The molecule has 3 N–H and O–H groups in total. The Balaban J connectivity index is 3.46. The normalized spacial score (nSPS) is 12.8. The summed E-state index contributed by atoms with van der Waals surface area (Å²) >= 11 is 0. The summed E-state index contributed by atoms with van der Waals surface area (Å²) in [7, 11) is 0. The van der Waals surface area contributed by atoms with Gasteiger partial charge in [-0.3, -0.25) is 9.59 Å². The average Bonchev–Trinajstić information content (AvgIpc) is 3.36. The number of allylic oxidation sites excluding steroid dienone is 5. The maximum absolute atomic E-state index is 12.5. The third-order valence-electron chi connectivity index (χ3n) is 14.4. The molecule has 0 heterocycles. The minimum absolute atomic E-state index is 0.00922. The minimum Gasteiger partial charge on any atom is -0.466 e. The smallest absolute Gasteiger partial charge is 0.305 e. The number of hydrogen-bond acceptors (Lipinski definition) is 5. The molecule has 0 rings (SSSR count). The first-order chi connectivity index (χ1) is 34.5. The number of aliphatic hydroxyl groups excluding tert-OH is 2. The number of esters is 1. The van der Waals surface area contributed by atoms with Gasteiger partial charge in [0, 0.05) is 12.8 Å². The van der Waals surface area contributed by atoms with Gasteiger partial charge in [-0.1, -0.05) is 294 Å². The zero-order chi connectivity index (χ0) is 50.7. The van der Waals surface area contributed by atoms with Crippen LogP contribution in [-0.4, -0.2) is 47.4 Å². The summed E-state index contributed by atoms with van der Waals surface area (Å²) in [6.45, 7) is 4.91. The van der Waals surface area contributed by atoms with Gasteiger partial charge in [-0.05, 0) is 64.2 Å². The van der Waals surface area contributed by atoms with Crippen molar-refractivity contribution in [1.29, 1.82) is 0 Å². The Bertz CT molecular complexity index is 1130. The van der Waals surface area contributed by atoms with Gasteiger partial charge in [0.15, 0.2) is 0 Å². The summed E-state index contributed by atoms with van der Waals surface area (Å²) in [4.78, 5) is 24.5. The van der Waals surface area contributed by atoms with Gasteiger partial charge in [0.2, 0.25) is 5.91 Å². The number of unbranched alkanes of at least 4 members (excludes halogenated alkanes) is 43. The van der Waals surface area contributed by atoms with Crippen molar-refractivity contribution >= 4 is 11.9 Å². The van der Waals surface area contributed by atoms with E-state index in [1.807, 2.05) is 6.08 Å². The number of hydrogen-bond donors (Lipinski definition) is 3. The molecule has 2 unspecified atom stereocenters. The zero-order valence-electron chi connectivity index (χ0n) is 47.0. The van der Waals surface area contributed by atoms with E-state index in [1.165, 1.54) is 263 Å². The maximum Gasteiger partial charge on any atom is 0.305 e. The molecule has 0 fully saturated rings. The van der Waals surface area contributed by atoms with Gasteiger partial charge in [-0.2, -0.15) is 0 Å². The highest BCUT2D eigenvalue weighted by atomic mass is 16.5. The fourth-order valence-corrected chi connectivity index (χ4v) is 9.61. The second-order valence-electron chi connectivity index (χ2n) is 21.4. The van der Waals surface area contributed by atoms with Crippen molar-refractivity contribution in [2.45, 2.75) is 347 Å². The van der Waals surface area contributed by atoms with Gasteiger partial charge in [-0.15, -0.1) is 0 Å². The molecule has 0 aliphatic heterocycles. The number of amides is 1. The van der Waals surface area contributed by atoms with E-state index in [2.05, 4.69) is 43.5 Å². The largest absolute Gasteiger partial charge is 0.466 e. The number of rotatable bonds is 58. The van der Waals surface area contributed by atoms with Crippen LogP contribution in [0.2, 0.25) is 0 Å². The van der Waals surface area contributed by atoms with Crippen molar-refractivity contribution in [1.82, 2.24) is 5.32 Å². The van der Waals surface area contributed by atoms with Crippen molar-refractivity contribution in [3.05, 3.63) is 36.5 Å². The van der Waals surface area contributed by atoms with Gasteiger partial charge >= 0.3 is 5.97 Å². The molecular formula is C64H121NO5. The first kappa shape index (κ1) is 68.1. The van der Waals surface area contributed by atoms with Crippen LogP contribution in [0.1, 0.15) is 335 Å². The lowest BCUT2D eigenvalue weighted by Gasteiger charge is -2.20. The lowest BCUT2D eigenvalue weighted by atomic mass is 10.0. The molecule has 0 aliphatic carbocycles. The number of ether oxygens (including phenoxy) is 1. The third kappa shape index (κ3) is 55.4. The van der Waals surface area contributed by atoms with E-state index in [-0.39, 0.29) is 18.5 Å². The van der Waals surface area contributed by atoms with E-state index < -0.39 is 12.1 Å². The van der Waals surface area contributed by atoms with Gasteiger partial charge in [0.25, 0.3) is 0 Å². The predicted molar refractivity (Wildman–Crippen MR) is 306 cm³/mol. The average molecular weight is 985 g/mol. The van der Waals surface area contributed by atoms with Crippen molar-refractivity contribution in [2.75, 3.05) is 13.2 Å². The fourth-order valence-electron chi connectivity index (χ4n) is 9.61. The van der Waals surface area contributed by atoms with E-state index >= 15 is 0 Å². The second kappa shape index (κ2) is 59.6. The predicted octanol–water partition coefficient (Wildman–Crippen LogP) is 19.6. The number of carbonyl (C=O) groups excluding carboxylic acids is 2. The van der Waals surface area contributed by atoms with Crippen LogP contribution in [-0.2, 0) is 14.3 Å². The molecule has 0 aromatic carbocycles. The molecular weight excluding hydrogens is 863 g/mol. The molecule has 412 valence electrons. The van der Waals surface area contributed by atoms with E-state index in [9.17, 15) is 19.8 Å². The molecule has 1 amide bonds. The molecule has 0 radical (unpaired) electrons. The quantitative estimate of drug-likeness (QED) is 0.0321. The maximum atomic E-state index is 12.5. The fraction of sp³-hybridized carbons (Fsp3) is 0.875. The molecule has 0 saturated heterocycles. The molecule has 6 heteroatoms. The standard InChI is InChI=1S/C64H121NO5/c1-3-5-7-9-11-13-15-17-18-30-33-36-40-44-48-52-56-62(67)61(60-66)65-63(68)57-53-49-45-41-37-34-31-28-26-24-22-20-19-21-23-25-27-29-32-35-39-43-47-51-55-59-70-64(69)58-54-50-46-42-38-16-14-12-10-8-6-4-2/h20-23,52,56,61-62,66-67H,3-19,24-51,53-55,57-60H2,1-2H3,(H,65,68)/b22-20-,23-21-,56-52+. The molecule has 0 bridgehead atoms. The number of aliphatic hydroxyl groups is 2. The van der Waals surface area contributed by atoms with Crippen molar-refractivity contribution in [3.63, 3.8) is 0 Å². The Morgan fingerprint density at radius 1 is 0.400 bits per heavy atom. The molecule has 70 heavy (non-hydrogen) atoms. The molecule has 0 aromatic heterocycles. The monoisotopic (exact) mass is 984 g/mol. The summed E-state index contributed by atoms with van der Waals surface area (Å²) in [6, 6.07) is -0.632. The Hall–Kier alpha value is -1.92. The van der Waals surface area contributed by atoms with Crippen molar-refractivity contribution in [2.24, 2.45) is 0 Å². The SMILES string of the molecule is CCCCCCCCCCCCCCCC/C=C/C(O)C(CO)NC(=O)CCCCCCCCCCC/C=C\C/C=C\CCCCCCCCCCCOC(=O)CCCCCCCCCCCCCC. The molecule has 0 aliphatic rings. The van der Waals surface area contributed by atoms with E-state index in [1.54, 1.807) is 6.08 Å². The van der Waals surface area contributed by atoms with E-state index in [4.69, 9.17) is 4.74 Å². The Kier molecular flexibility index (Phi) is 58.0. The Morgan fingerprint density at radius 2 is 0.714 bits per heavy atom. The van der Waals surface area contributed by atoms with Gasteiger partial charge in [-0.25, -0.2) is 0 Å². The molecule has 0 saturated carbocycles. The Morgan fingerprint density at radius 3 is 1.09 bits per heavy atom. The summed E-state index contributed by atoms with van der Waals surface area (Å²) in [5.74, 6) is -0.0634. The van der Waals surface area contributed by atoms with Gasteiger partial charge in [0.05, 0.1) is 25.4 Å². The molecule has 2 atom stereocenters. The zero-order valence-corrected chi connectivity index (χ0v) is 47.0. The molecule has 0 spiro atoms. The van der Waals surface area contributed by atoms with Gasteiger partial charge < -0.3 is 20.3 Å². The van der Waals surface area contributed by atoms with Crippen LogP contribution < -0.4 is 5.32 Å². The third-order valence-corrected chi connectivity index (χ3v) is 14.4. The van der Waals surface area contributed by atoms with Crippen LogP contribution in [0.3, 0.4) is 0 Å². The van der Waals surface area contributed by atoms with Gasteiger partial charge in [0.1, 0.15) is 0 Å².